The van der Waals surface area contributed by atoms with Crippen LogP contribution < -0.4 is 15.4 Å². The molecule has 0 radical (unpaired) electrons. The Morgan fingerprint density at radius 1 is 1.13 bits per heavy atom. The number of nitrogens with two attached hydrogens (primary N) is 1. The van der Waals surface area contributed by atoms with Crippen molar-refractivity contribution in [1.82, 2.24) is 4.90 Å². The molecule has 132 valence electrons. The van der Waals surface area contributed by atoms with Gasteiger partial charge in [0.2, 0.25) is 5.91 Å². The Balaban J connectivity index is 0.00000242. The van der Waals surface area contributed by atoms with Crippen LogP contribution in [-0.4, -0.2) is 50.1 Å². The number of para-hydroxylation sites is 2. The molecular formula is C16H27Cl2N3O2. The van der Waals surface area contributed by atoms with E-state index in [0.717, 1.165) is 37.6 Å². The van der Waals surface area contributed by atoms with E-state index < -0.39 is 0 Å². The van der Waals surface area contributed by atoms with E-state index in [1.54, 1.807) is 7.11 Å². The number of anilines is 1. The van der Waals surface area contributed by atoms with Crippen LogP contribution in [0.15, 0.2) is 24.3 Å². The first-order valence-electron chi connectivity index (χ1n) is 7.47. The molecule has 5 nitrogen and oxygen atoms in total. The van der Waals surface area contributed by atoms with E-state index in [9.17, 15) is 4.79 Å². The van der Waals surface area contributed by atoms with Crippen molar-refractivity contribution in [2.24, 2.45) is 11.7 Å². The van der Waals surface area contributed by atoms with Gasteiger partial charge in [0.1, 0.15) is 5.75 Å². The van der Waals surface area contributed by atoms with Crippen LogP contribution in [-0.2, 0) is 4.79 Å². The topological polar surface area (TPSA) is 58.8 Å². The third-order valence-electron chi connectivity index (χ3n) is 4.20. The highest BCUT2D eigenvalue weighted by atomic mass is 35.5. The summed E-state index contributed by atoms with van der Waals surface area (Å²) in [6.45, 7) is 6.88. The molecule has 7 heteroatoms. The first-order valence-corrected chi connectivity index (χ1v) is 7.47. The summed E-state index contributed by atoms with van der Waals surface area (Å²) in [5.41, 5.74) is 6.92. The molecule has 1 aromatic rings. The van der Waals surface area contributed by atoms with Gasteiger partial charge in [0.25, 0.3) is 0 Å². The van der Waals surface area contributed by atoms with Gasteiger partial charge >= 0.3 is 0 Å². The summed E-state index contributed by atoms with van der Waals surface area (Å²) in [7, 11) is 1.68. The van der Waals surface area contributed by atoms with Crippen molar-refractivity contribution in [1.29, 1.82) is 0 Å². The Labute approximate surface area is 151 Å². The van der Waals surface area contributed by atoms with Crippen molar-refractivity contribution in [2.45, 2.75) is 19.9 Å². The summed E-state index contributed by atoms with van der Waals surface area (Å²) in [5, 5.41) is 0. The number of ether oxygens (including phenoxy) is 1. The molecule has 0 spiro atoms. The summed E-state index contributed by atoms with van der Waals surface area (Å²) in [6.07, 6.45) is 0. The molecule has 0 bridgehead atoms. The maximum absolute atomic E-state index is 12.3. The van der Waals surface area contributed by atoms with Crippen LogP contribution in [0.4, 0.5) is 5.69 Å². The summed E-state index contributed by atoms with van der Waals surface area (Å²) < 4.78 is 5.40. The SMILES string of the molecule is COc1ccccc1N1CCN(C(=O)C(C)C(C)N)CC1.Cl.Cl. The van der Waals surface area contributed by atoms with Gasteiger partial charge in [0.15, 0.2) is 0 Å². The Morgan fingerprint density at radius 3 is 2.22 bits per heavy atom. The third kappa shape index (κ3) is 5.16. The minimum Gasteiger partial charge on any atom is -0.495 e. The normalized spacial score (nSPS) is 16.7. The molecule has 2 rings (SSSR count). The Bertz CT molecular complexity index is 492. The highest BCUT2D eigenvalue weighted by Crippen LogP contribution is 2.28. The average molecular weight is 364 g/mol. The predicted octanol–water partition coefficient (Wildman–Crippen LogP) is 2.17. The monoisotopic (exact) mass is 363 g/mol. The van der Waals surface area contributed by atoms with Crippen LogP contribution >= 0.6 is 24.8 Å². The van der Waals surface area contributed by atoms with E-state index in [1.807, 2.05) is 36.9 Å². The van der Waals surface area contributed by atoms with Gasteiger partial charge in [-0.05, 0) is 19.1 Å². The number of amides is 1. The predicted molar refractivity (Wildman–Crippen MR) is 99.1 cm³/mol. The maximum atomic E-state index is 12.3. The average Bonchev–Trinajstić information content (AvgIpc) is 2.53. The van der Waals surface area contributed by atoms with Gasteiger partial charge in [-0.3, -0.25) is 4.79 Å². The first-order chi connectivity index (χ1) is 10.0. The third-order valence-corrected chi connectivity index (χ3v) is 4.20. The largest absolute Gasteiger partial charge is 0.495 e. The molecule has 1 heterocycles. The van der Waals surface area contributed by atoms with Crippen molar-refractivity contribution < 1.29 is 9.53 Å². The Kier molecular flexibility index (Phi) is 9.35. The molecule has 1 aliphatic heterocycles. The second-order valence-corrected chi connectivity index (χ2v) is 5.63. The summed E-state index contributed by atoms with van der Waals surface area (Å²) >= 11 is 0. The molecule has 23 heavy (non-hydrogen) atoms. The minimum atomic E-state index is -0.122. The van der Waals surface area contributed by atoms with Crippen LogP contribution in [0.5, 0.6) is 5.75 Å². The lowest BCUT2D eigenvalue weighted by Crippen LogP contribution is -2.52. The number of piperazine rings is 1. The highest BCUT2D eigenvalue weighted by molar-refractivity contribution is 5.85. The zero-order valence-corrected chi connectivity index (χ0v) is 15.5. The van der Waals surface area contributed by atoms with Crippen LogP contribution in [0.3, 0.4) is 0 Å². The maximum Gasteiger partial charge on any atom is 0.227 e. The molecule has 2 N–H and O–H groups in total. The van der Waals surface area contributed by atoms with Gasteiger partial charge in [-0.15, -0.1) is 24.8 Å². The summed E-state index contributed by atoms with van der Waals surface area (Å²) in [5.74, 6) is 0.911. The van der Waals surface area contributed by atoms with E-state index in [1.165, 1.54) is 0 Å². The van der Waals surface area contributed by atoms with E-state index in [4.69, 9.17) is 10.5 Å². The number of benzene rings is 1. The lowest BCUT2D eigenvalue weighted by Gasteiger charge is -2.38. The fourth-order valence-corrected chi connectivity index (χ4v) is 2.57. The molecule has 1 aliphatic rings. The van der Waals surface area contributed by atoms with Crippen LogP contribution in [0.1, 0.15) is 13.8 Å². The number of nitrogens with zero attached hydrogens (tertiary/aromatic N) is 2. The van der Waals surface area contributed by atoms with E-state index in [-0.39, 0.29) is 42.7 Å². The fourth-order valence-electron chi connectivity index (χ4n) is 2.57. The van der Waals surface area contributed by atoms with Crippen LogP contribution in [0.25, 0.3) is 0 Å². The summed E-state index contributed by atoms with van der Waals surface area (Å²) in [6, 6.07) is 7.89. The summed E-state index contributed by atoms with van der Waals surface area (Å²) in [4.78, 5) is 16.5. The van der Waals surface area contributed by atoms with Gasteiger partial charge in [0, 0.05) is 32.2 Å². The smallest absolute Gasteiger partial charge is 0.227 e. The van der Waals surface area contributed by atoms with Crippen molar-refractivity contribution >= 4 is 36.4 Å². The number of carbonyl (C=O) groups excluding carboxylic acids is 1. The number of halogens is 2. The van der Waals surface area contributed by atoms with Crippen LogP contribution in [0.2, 0.25) is 0 Å². The van der Waals surface area contributed by atoms with Gasteiger partial charge in [-0.2, -0.15) is 0 Å². The molecule has 0 aromatic heterocycles. The van der Waals surface area contributed by atoms with Gasteiger partial charge in [0.05, 0.1) is 18.7 Å². The molecule has 2 atom stereocenters. The molecule has 0 aliphatic carbocycles. The number of carbonyl (C=O) groups is 1. The second-order valence-electron chi connectivity index (χ2n) is 5.63. The van der Waals surface area contributed by atoms with E-state index >= 15 is 0 Å². The van der Waals surface area contributed by atoms with Gasteiger partial charge in [-0.1, -0.05) is 19.1 Å². The zero-order chi connectivity index (χ0) is 15.4. The lowest BCUT2D eigenvalue weighted by atomic mass is 10.0. The number of rotatable bonds is 4. The Hall–Kier alpha value is -1.17. The molecule has 1 fully saturated rings. The molecule has 0 saturated carbocycles. The van der Waals surface area contributed by atoms with Gasteiger partial charge in [-0.25, -0.2) is 0 Å². The van der Waals surface area contributed by atoms with E-state index in [2.05, 4.69) is 11.0 Å². The molecule has 1 saturated heterocycles. The second kappa shape index (κ2) is 9.85. The van der Waals surface area contributed by atoms with E-state index in [0.29, 0.717) is 0 Å². The Morgan fingerprint density at radius 2 is 1.70 bits per heavy atom. The van der Waals surface area contributed by atoms with Crippen molar-refractivity contribution in [3.63, 3.8) is 0 Å². The van der Waals surface area contributed by atoms with Crippen molar-refractivity contribution in [3.8, 4) is 5.75 Å². The zero-order valence-electron chi connectivity index (χ0n) is 13.9. The fraction of sp³-hybridized carbons (Fsp3) is 0.562. The van der Waals surface area contributed by atoms with Crippen LogP contribution in [0, 0.1) is 5.92 Å². The standard InChI is InChI=1S/C16H25N3O2.2ClH/c1-12(13(2)17)16(20)19-10-8-18(9-11-19)14-6-4-5-7-15(14)21-3;;/h4-7,12-13H,8-11,17H2,1-3H3;2*1H. The number of methoxy groups -OCH3 is 1. The molecule has 1 aromatic carbocycles. The quantitative estimate of drug-likeness (QED) is 0.890. The van der Waals surface area contributed by atoms with Gasteiger partial charge < -0.3 is 20.3 Å². The minimum absolute atomic E-state index is 0. The lowest BCUT2D eigenvalue weighted by molar-refractivity contribution is -0.135. The first kappa shape index (κ1) is 21.8. The molecule has 2 unspecified atom stereocenters. The highest BCUT2D eigenvalue weighted by Gasteiger charge is 2.27. The molecule has 1 amide bonds. The van der Waals surface area contributed by atoms with Crippen molar-refractivity contribution in [3.05, 3.63) is 24.3 Å². The number of hydrogen-bond donors (Lipinski definition) is 1. The number of hydrogen-bond acceptors (Lipinski definition) is 4. The van der Waals surface area contributed by atoms with Crippen molar-refractivity contribution in [2.75, 3.05) is 38.2 Å². The molecular weight excluding hydrogens is 337 g/mol.